The van der Waals surface area contributed by atoms with Crippen molar-refractivity contribution in [3.8, 4) is 11.4 Å². The molecule has 114 valence electrons. The maximum absolute atomic E-state index is 12.1. The smallest absolute Gasteiger partial charge is 0.275 e. The van der Waals surface area contributed by atoms with Crippen LogP contribution in [0.1, 0.15) is 35.1 Å². The van der Waals surface area contributed by atoms with Crippen LogP contribution in [0, 0.1) is 0 Å². The van der Waals surface area contributed by atoms with Gasteiger partial charge in [0.1, 0.15) is 5.69 Å². The molecule has 1 saturated carbocycles. The van der Waals surface area contributed by atoms with Gasteiger partial charge in [-0.2, -0.15) is 4.98 Å². The van der Waals surface area contributed by atoms with E-state index in [9.17, 15) is 4.79 Å². The Morgan fingerprint density at radius 1 is 1.26 bits per heavy atom. The lowest BCUT2D eigenvalue weighted by Crippen LogP contribution is -2.13. The Labute approximate surface area is 131 Å². The van der Waals surface area contributed by atoms with Crippen molar-refractivity contribution >= 4 is 11.6 Å². The number of nitrogens with one attached hydrogen (secondary N) is 1. The van der Waals surface area contributed by atoms with Gasteiger partial charge >= 0.3 is 0 Å². The molecule has 1 aliphatic rings. The van der Waals surface area contributed by atoms with E-state index in [0.717, 1.165) is 18.4 Å². The van der Waals surface area contributed by atoms with E-state index in [2.05, 4.69) is 25.4 Å². The Bertz CT molecular complexity index is 842. The average Bonchev–Trinajstić information content (AvgIpc) is 3.33. The maximum Gasteiger partial charge on any atom is 0.275 e. The minimum Gasteiger partial charge on any atom is -0.339 e. The van der Waals surface area contributed by atoms with E-state index in [1.165, 1.54) is 18.6 Å². The van der Waals surface area contributed by atoms with E-state index in [0.29, 0.717) is 23.3 Å². The lowest BCUT2D eigenvalue weighted by molar-refractivity contribution is 0.102. The molecule has 1 fully saturated rings. The van der Waals surface area contributed by atoms with Gasteiger partial charge in [0, 0.05) is 29.6 Å². The van der Waals surface area contributed by atoms with Gasteiger partial charge in [-0.15, -0.1) is 0 Å². The molecule has 0 radical (unpaired) electrons. The molecule has 0 unspecified atom stereocenters. The molecule has 4 rings (SSSR count). The third-order valence-electron chi connectivity index (χ3n) is 3.54. The zero-order chi connectivity index (χ0) is 15.6. The van der Waals surface area contributed by atoms with Crippen LogP contribution in [0.2, 0.25) is 0 Å². The fourth-order valence-electron chi connectivity index (χ4n) is 2.20. The third-order valence-corrected chi connectivity index (χ3v) is 3.54. The molecule has 0 saturated heterocycles. The SMILES string of the molecule is O=C(Nc1cccc(-c2noc(C3CC3)n2)c1)c1cnccn1. The van der Waals surface area contributed by atoms with Crippen LogP contribution in [-0.4, -0.2) is 26.0 Å². The molecule has 1 aromatic carbocycles. The lowest BCUT2D eigenvalue weighted by Gasteiger charge is -2.05. The lowest BCUT2D eigenvalue weighted by atomic mass is 10.2. The first-order valence-corrected chi connectivity index (χ1v) is 7.31. The normalized spacial score (nSPS) is 13.7. The highest BCUT2D eigenvalue weighted by molar-refractivity contribution is 6.02. The summed E-state index contributed by atoms with van der Waals surface area (Å²) in [6, 6.07) is 7.30. The number of aromatic nitrogens is 4. The molecule has 0 bridgehead atoms. The van der Waals surface area contributed by atoms with Gasteiger partial charge in [0.15, 0.2) is 0 Å². The van der Waals surface area contributed by atoms with Gasteiger partial charge in [-0.1, -0.05) is 17.3 Å². The van der Waals surface area contributed by atoms with Crippen molar-refractivity contribution in [2.75, 3.05) is 5.32 Å². The molecule has 1 amide bonds. The van der Waals surface area contributed by atoms with Crippen molar-refractivity contribution in [2.45, 2.75) is 18.8 Å². The maximum atomic E-state index is 12.1. The van der Waals surface area contributed by atoms with Crippen molar-refractivity contribution in [1.82, 2.24) is 20.1 Å². The predicted octanol–water partition coefficient (Wildman–Crippen LogP) is 2.66. The van der Waals surface area contributed by atoms with Crippen LogP contribution in [-0.2, 0) is 0 Å². The number of benzene rings is 1. The number of anilines is 1. The second-order valence-corrected chi connectivity index (χ2v) is 5.36. The monoisotopic (exact) mass is 307 g/mol. The summed E-state index contributed by atoms with van der Waals surface area (Å²) < 4.78 is 5.27. The second-order valence-electron chi connectivity index (χ2n) is 5.36. The molecule has 0 aliphatic heterocycles. The number of hydrogen-bond donors (Lipinski definition) is 1. The first-order valence-electron chi connectivity index (χ1n) is 7.31. The molecule has 3 aromatic rings. The van der Waals surface area contributed by atoms with Crippen LogP contribution < -0.4 is 5.32 Å². The van der Waals surface area contributed by atoms with Crippen molar-refractivity contribution < 1.29 is 9.32 Å². The molecule has 2 aromatic heterocycles. The highest BCUT2D eigenvalue weighted by Gasteiger charge is 2.29. The summed E-state index contributed by atoms with van der Waals surface area (Å²) in [7, 11) is 0. The van der Waals surface area contributed by atoms with E-state index in [-0.39, 0.29) is 11.6 Å². The van der Waals surface area contributed by atoms with Gasteiger partial charge in [-0.25, -0.2) is 4.98 Å². The van der Waals surface area contributed by atoms with Gasteiger partial charge in [-0.3, -0.25) is 9.78 Å². The minimum absolute atomic E-state index is 0.258. The summed E-state index contributed by atoms with van der Waals surface area (Å²) in [6.45, 7) is 0. The highest BCUT2D eigenvalue weighted by Crippen LogP contribution is 2.39. The van der Waals surface area contributed by atoms with Gasteiger partial charge in [0.25, 0.3) is 5.91 Å². The molecular formula is C16H13N5O2. The Hall–Kier alpha value is -3.09. The summed E-state index contributed by atoms with van der Waals surface area (Å²) in [5.41, 5.74) is 1.68. The van der Waals surface area contributed by atoms with E-state index >= 15 is 0 Å². The quantitative estimate of drug-likeness (QED) is 0.796. The van der Waals surface area contributed by atoms with Crippen LogP contribution >= 0.6 is 0 Å². The van der Waals surface area contributed by atoms with Gasteiger partial charge in [0.05, 0.1) is 6.20 Å². The number of carbonyl (C=O) groups excluding carboxylic acids is 1. The fraction of sp³-hybridized carbons (Fsp3) is 0.188. The molecule has 23 heavy (non-hydrogen) atoms. The fourth-order valence-corrected chi connectivity index (χ4v) is 2.20. The summed E-state index contributed by atoms with van der Waals surface area (Å²) in [6.07, 6.45) is 6.63. The molecule has 2 heterocycles. The number of carbonyl (C=O) groups is 1. The largest absolute Gasteiger partial charge is 0.339 e. The predicted molar refractivity (Wildman–Crippen MR) is 81.7 cm³/mol. The average molecular weight is 307 g/mol. The zero-order valence-corrected chi connectivity index (χ0v) is 12.1. The molecule has 0 atom stereocenters. The number of amides is 1. The Kier molecular flexibility index (Phi) is 3.30. The third kappa shape index (κ3) is 2.94. The number of rotatable bonds is 4. The molecule has 1 aliphatic carbocycles. The molecule has 0 spiro atoms. The van der Waals surface area contributed by atoms with Crippen molar-refractivity contribution in [2.24, 2.45) is 0 Å². The standard InChI is InChI=1S/C16H13N5O2/c22-15(13-9-17-6-7-18-13)19-12-3-1-2-11(8-12)14-20-16(23-21-14)10-4-5-10/h1-3,6-10H,4-5H2,(H,19,22). The van der Waals surface area contributed by atoms with E-state index in [1.54, 1.807) is 12.1 Å². The van der Waals surface area contributed by atoms with Gasteiger partial charge in [-0.05, 0) is 25.0 Å². The Morgan fingerprint density at radius 3 is 2.96 bits per heavy atom. The topological polar surface area (TPSA) is 93.8 Å². The molecule has 1 N–H and O–H groups in total. The van der Waals surface area contributed by atoms with E-state index in [4.69, 9.17) is 4.52 Å². The van der Waals surface area contributed by atoms with Crippen LogP contribution in [0.4, 0.5) is 5.69 Å². The van der Waals surface area contributed by atoms with Crippen LogP contribution in [0.3, 0.4) is 0 Å². The summed E-state index contributed by atoms with van der Waals surface area (Å²) >= 11 is 0. The second kappa shape index (κ2) is 5.60. The molecular weight excluding hydrogens is 294 g/mol. The van der Waals surface area contributed by atoms with Gasteiger partial charge in [0.2, 0.25) is 11.7 Å². The Morgan fingerprint density at radius 2 is 2.17 bits per heavy atom. The Balaban J connectivity index is 1.54. The van der Waals surface area contributed by atoms with Gasteiger partial charge < -0.3 is 9.84 Å². The van der Waals surface area contributed by atoms with E-state index in [1.807, 2.05) is 12.1 Å². The highest BCUT2D eigenvalue weighted by atomic mass is 16.5. The van der Waals surface area contributed by atoms with Crippen LogP contribution in [0.15, 0.2) is 47.4 Å². The molecule has 7 heteroatoms. The summed E-state index contributed by atoms with van der Waals surface area (Å²) in [5, 5.41) is 6.79. The van der Waals surface area contributed by atoms with E-state index < -0.39 is 0 Å². The zero-order valence-electron chi connectivity index (χ0n) is 12.1. The van der Waals surface area contributed by atoms with Crippen molar-refractivity contribution in [3.05, 3.63) is 54.4 Å². The summed E-state index contributed by atoms with van der Waals surface area (Å²) in [5.74, 6) is 1.31. The van der Waals surface area contributed by atoms with Crippen LogP contribution in [0.5, 0.6) is 0 Å². The number of hydrogen-bond acceptors (Lipinski definition) is 6. The van der Waals surface area contributed by atoms with Crippen molar-refractivity contribution in [1.29, 1.82) is 0 Å². The minimum atomic E-state index is -0.318. The number of nitrogens with zero attached hydrogens (tertiary/aromatic N) is 4. The first kappa shape index (κ1) is 13.6. The van der Waals surface area contributed by atoms with Crippen LogP contribution in [0.25, 0.3) is 11.4 Å². The van der Waals surface area contributed by atoms with Crippen molar-refractivity contribution in [3.63, 3.8) is 0 Å². The first-order chi connectivity index (χ1) is 11.3. The molecule has 7 nitrogen and oxygen atoms in total. The summed E-state index contributed by atoms with van der Waals surface area (Å²) in [4.78, 5) is 24.4.